The molecule has 92 valence electrons. The Morgan fingerprint density at radius 2 is 2.00 bits per heavy atom. The molecule has 0 aliphatic carbocycles. The summed E-state index contributed by atoms with van der Waals surface area (Å²) in [5.74, 6) is 1.21. The van der Waals surface area contributed by atoms with Crippen molar-refractivity contribution in [2.45, 2.75) is 19.8 Å². The highest BCUT2D eigenvalue weighted by molar-refractivity contribution is 5.88. The molecule has 0 atom stereocenters. The fourth-order valence-corrected chi connectivity index (χ4v) is 1.71. The van der Waals surface area contributed by atoms with Crippen LogP contribution in [-0.2, 0) is 0 Å². The van der Waals surface area contributed by atoms with Crippen LogP contribution in [0.1, 0.15) is 25.7 Å². The zero-order valence-corrected chi connectivity index (χ0v) is 10.0. The van der Waals surface area contributed by atoms with Crippen molar-refractivity contribution in [2.24, 2.45) is 0 Å². The Morgan fingerprint density at radius 1 is 1.17 bits per heavy atom. The molecule has 18 heavy (non-hydrogen) atoms. The molecule has 2 N–H and O–H groups in total. The molecule has 3 aromatic rings. The Labute approximate surface area is 103 Å². The van der Waals surface area contributed by atoms with Gasteiger partial charge in [0.15, 0.2) is 5.58 Å². The molecule has 3 rings (SSSR count). The van der Waals surface area contributed by atoms with Gasteiger partial charge in [-0.2, -0.15) is 4.98 Å². The highest BCUT2D eigenvalue weighted by atomic mass is 16.4. The van der Waals surface area contributed by atoms with Gasteiger partial charge in [-0.1, -0.05) is 19.9 Å². The number of hydrogen-bond acceptors (Lipinski definition) is 6. The van der Waals surface area contributed by atoms with Gasteiger partial charge >= 0.3 is 0 Å². The summed E-state index contributed by atoms with van der Waals surface area (Å²) in [6, 6.07) is 5.60. The van der Waals surface area contributed by atoms with Crippen LogP contribution in [0.2, 0.25) is 0 Å². The van der Waals surface area contributed by atoms with Crippen molar-refractivity contribution in [3.63, 3.8) is 0 Å². The Morgan fingerprint density at radius 3 is 2.72 bits per heavy atom. The van der Waals surface area contributed by atoms with Crippen molar-refractivity contribution in [2.75, 3.05) is 5.73 Å². The zero-order chi connectivity index (χ0) is 12.7. The van der Waals surface area contributed by atoms with Crippen LogP contribution in [-0.4, -0.2) is 15.2 Å². The normalized spacial score (nSPS) is 11.5. The highest BCUT2D eigenvalue weighted by Crippen LogP contribution is 2.29. The van der Waals surface area contributed by atoms with E-state index >= 15 is 0 Å². The smallest absolute Gasteiger partial charge is 0.293 e. The fraction of sp³-hybridized carbons (Fsp3) is 0.250. The average molecular weight is 244 g/mol. The first-order chi connectivity index (χ1) is 8.65. The molecule has 0 bridgehead atoms. The van der Waals surface area contributed by atoms with E-state index in [2.05, 4.69) is 15.2 Å². The molecule has 1 aromatic carbocycles. The molecule has 0 aliphatic rings. The first kappa shape index (κ1) is 10.8. The Hall–Kier alpha value is -2.37. The Balaban J connectivity index is 2.18. The van der Waals surface area contributed by atoms with Gasteiger partial charge in [0.25, 0.3) is 6.01 Å². The molecular formula is C12H12N4O2. The van der Waals surface area contributed by atoms with E-state index in [0.717, 1.165) is 5.56 Å². The zero-order valence-electron chi connectivity index (χ0n) is 10.0. The molecular weight excluding hydrogens is 232 g/mol. The number of fused-ring (bicyclic) bond motifs is 1. The van der Waals surface area contributed by atoms with E-state index in [-0.39, 0.29) is 11.9 Å². The monoisotopic (exact) mass is 244 g/mol. The van der Waals surface area contributed by atoms with E-state index in [1.807, 2.05) is 26.0 Å². The molecule has 0 fully saturated rings. The molecule has 0 amide bonds. The maximum atomic E-state index is 5.60. The first-order valence-electron chi connectivity index (χ1n) is 5.64. The van der Waals surface area contributed by atoms with Crippen molar-refractivity contribution >= 4 is 17.1 Å². The predicted molar refractivity (Wildman–Crippen MR) is 65.8 cm³/mol. The van der Waals surface area contributed by atoms with Gasteiger partial charge in [0.05, 0.1) is 5.56 Å². The SMILES string of the molecule is CC(C)c1nnc(-c2cccc3oc(N)nc23)o1. The average Bonchev–Trinajstić information content (AvgIpc) is 2.92. The first-order valence-corrected chi connectivity index (χ1v) is 5.64. The second kappa shape index (κ2) is 3.83. The maximum Gasteiger partial charge on any atom is 0.293 e. The maximum absolute atomic E-state index is 5.60. The Bertz CT molecular complexity index is 699. The van der Waals surface area contributed by atoms with Crippen molar-refractivity contribution in [3.05, 3.63) is 24.1 Å². The number of nitrogen functional groups attached to an aromatic ring is 1. The number of para-hydroxylation sites is 1. The van der Waals surface area contributed by atoms with Gasteiger partial charge in [0.1, 0.15) is 5.52 Å². The quantitative estimate of drug-likeness (QED) is 0.744. The lowest BCUT2D eigenvalue weighted by atomic mass is 10.2. The second-order valence-corrected chi connectivity index (χ2v) is 4.30. The van der Waals surface area contributed by atoms with Gasteiger partial charge < -0.3 is 14.6 Å². The van der Waals surface area contributed by atoms with Crippen LogP contribution in [0, 0.1) is 0 Å². The lowest BCUT2D eigenvalue weighted by Crippen LogP contribution is -1.85. The van der Waals surface area contributed by atoms with E-state index < -0.39 is 0 Å². The molecule has 0 radical (unpaired) electrons. The molecule has 0 aliphatic heterocycles. The molecule has 6 heteroatoms. The van der Waals surface area contributed by atoms with Crippen LogP contribution >= 0.6 is 0 Å². The van der Waals surface area contributed by atoms with Crippen LogP contribution < -0.4 is 5.73 Å². The summed E-state index contributed by atoms with van der Waals surface area (Å²) in [6.45, 7) is 3.98. The lowest BCUT2D eigenvalue weighted by Gasteiger charge is -1.96. The van der Waals surface area contributed by atoms with Gasteiger partial charge in [0.2, 0.25) is 11.8 Å². The predicted octanol–water partition coefficient (Wildman–Crippen LogP) is 2.58. The van der Waals surface area contributed by atoms with Crippen LogP contribution in [0.15, 0.2) is 27.0 Å². The topological polar surface area (TPSA) is 91.0 Å². The minimum Gasteiger partial charge on any atom is -0.424 e. The third kappa shape index (κ3) is 1.62. The minimum absolute atomic E-state index is 0.126. The number of oxazole rings is 1. The van der Waals surface area contributed by atoms with Gasteiger partial charge in [-0.3, -0.25) is 0 Å². The number of nitrogens with zero attached hydrogens (tertiary/aromatic N) is 3. The molecule has 0 saturated heterocycles. The van der Waals surface area contributed by atoms with Gasteiger partial charge in [-0.05, 0) is 12.1 Å². The largest absolute Gasteiger partial charge is 0.424 e. The van der Waals surface area contributed by atoms with E-state index in [1.165, 1.54) is 0 Å². The van der Waals surface area contributed by atoms with Crippen LogP contribution in [0.4, 0.5) is 6.01 Å². The van der Waals surface area contributed by atoms with Crippen molar-refractivity contribution in [3.8, 4) is 11.5 Å². The van der Waals surface area contributed by atoms with Crippen molar-refractivity contribution < 1.29 is 8.83 Å². The van der Waals surface area contributed by atoms with E-state index in [9.17, 15) is 0 Å². The van der Waals surface area contributed by atoms with Crippen molar-refractivity contribution in [1.29, 1.82) is 0 Å². The standard InChI is InChI=1S/C12H12N4O2/c1-6(2)10-15-16-11(18-10)7-4-3-5-8-9(7)14-12(13)17-8/h3-6H,1-2H3,(H2,13,14). The van der Waals surface area contributed by atoms with Gasteiger partial charge in [-0.25, -0.2) is 0 Å². The highest BCUT2D eigenvalue weighted by Gasteiger charge is 2.16. The van der Waals surface area contributed by atoms with E-state index in [4.69, 9.17) is 14.6 Å². The number of benzene rings is 1. The molecule has 0 saturated carbocycles. The molecule has 0 unspecified atom stereocenters. The summed E-state index contributed by atoms with van der Waals surface area (Å²) < 4.78 is 10.9. The van der Waals surface area contributed by atoms with E-state index in [0.29, 0.717) is 22.9 Å². The van der Waals surface area contributed by atoms with Crippen LogP contribution in [0.5, 0.6) is 0 Å². The second-order valence-electron chi connectivity index (χ2n) is 4.30. The van der Waals surface area contributed by atoms with Crippen LogP contribution in [0.25, 0.3) is 22.6 Å². The summed E-state index contributed by atoms with van der Waals surface area (Å²) in [6.07, 6.45) is 0. The third-order valence-electron chi connectivity index (χ3n) is 2.60. The molecule has 2 heterocycles. The molecule has 0 spiro atoms. The van der Waals surface area contributed by atoms with Crippen molar-refractivity contribution in [1.82, 2.24) is 15.2 Å². The van der Waals surface area contributed by atoms with Gasteiger partial charge in [0, 0.05) is 5.92 Å². The summed E-state index contributed by atoms with van der Waals surface area (Å²) in [5.41, 5.74) is 7.51. The summed E-state index contributed by atoms with van der Waals surface area (Å²) in [5, 5.41) is 8.03. The van der Waals surface area contributed by atoms with Gasteiger partial charge in [-0.15, -0.1) is 10.2 Å². The summed E-state index contributed by atoms with van der Waals surface area (Å²) in [4.78, 5) is 4.13. The van der Waals surface area contributed by atoms with E-state index in [1.54, 1.807) is 6.07 Å². The Kier molecular flexibility index (Phi) is 2.29. The minimum atomic E-state index is 0.126. The number of aromatic nitrogens is 3. The number of rotatable bonds is 2. The summed E-state index contributed by atoms with van der Waals surface area (Å²) >= 11 is 0. The summed E-state index contributed by atoms with van der Waals surface area (Å²) in [7, 11) is 0. The number of hydrogen-bond donors (Lipinski definition) is 1. The fourth-order valence-electron chi connectivity index (χ4n) is 1.71. The third-order valence-corrected chi connectivity index (χ3v) is 2.60. The molecule has 6 nitrogen and oxygen atoms in total. The number of nitrogens with two attached hydrogens (primary N) is 1. The lowest BCUT2D eigenvalue weighted by molar-refractivity contribution is 0.481. The van der Waals surface area contributed by atoms with Crippen LogP contribution in [0.3, 0.4) is 0 Å². The molecule has 2 aromatic heterocycles. The number of anilines is 1.